The molecule has 0 saturated carbocycles. The first-order chi connectivity index (χ1) is 5.84. The van der Waals surface area contributed by atoms with Gasteiger partial charge in [0.05, 0.1) is 21.2 Å². The zero-order valence-corrected chi connectivity index (χ0v) is 9.68. The Labute approximate surface area is 88.6 Å². The Kier molecular flexibility index (Phi) is 3.12. The lowest BCUT2D eigenvalue weighted by molar-refractivity contribution is -0.0196. The Bertz CT molecular complexity index is 257. The molecule has 4 heteroatoms. The Morgan fingerprint density at radius 1 is 1.58 bits per heavy atom. The van der Waals surface area contributed by atoms with E-state index in [1.165, 1.54) is 13.7 Å². The molecule has 12 heavy (non-hydrogen) atoms. The van der Waals surface area contributed by atoms with Crippen molar-refractivity contribution in [2.75, 3.05) is 19.0 Å². The van der Waals surface area contributed by atoms with Crippen LogP contribution >= 0.6 is 39.0 Å². The van der Waals surface area contributed by atoms with Crippen molar-refractivity contribution in [1.82, 2.24) is 0 Å². The van der Waals surface area contributed by atoms with E-state index in [0.717, 1.165) is 19.1 Å². The third-order valence-electron chi connectivity index (χ3n) is 1.72. The Morgan fingerprint density at radius 3 is 2.92 bits per heavy atom. The molecule has 0 unspecified atom stereocenters. The first kappa shape index (κ1) is 9.06. The van der Waals surface area contributed by atoms with Crippen molar-refractivity contribution in [1.29, 1.82) is 0 Å². The van der Waals surface area contributed by atoms with Crippen LogP contribution in [0.5, 0.6) is 0 Å². The van der Waals surface area contributed by atoms with Crippen LogP contribution in [0, 0.1) is 5.92 Å². The van der Waals surface area contributed by atoms with Crippen LogP contribution in [-0.2, 0) is 4.74 Å². The standard InChI is InChI=1S/C8H9BrOS2/c9-7-1-2-8(12-7)11-5-6-3-10-4-6/h1-2,6H,3-5H2. The van der Waals surface area contributed by atoms with E-state index >= 15 is 0 Å². The summed E-state index contributed by atoms with van der Waals surface area (Å²) in [6.45, 7) is 1.92. The number of hydrogen-bond donors (Lipinski definition) is 0. The van der Waals surface area contributed by atoms with E-state index < -0.39 is 0 Å². The van der Waals surface area contributed by atoms with Crippen molar-refractivity contribution in [3.05, 3.63) is 15.9 Å². The Hall–Kier alpha value is 0.490. The molecule has 1 aromatic rings. The van der Waals surface area contributed by atoms with Crippen molar-refractivity contribution in [3.8, 4) is 0 Å². The van der Waals surface area contributed by atoms with Crippen molar-refractivity contribution in [2.45, 2.75) is 4.21 Å². The highest BCUT2D eigenvalue weighted by Gasteiger charge is 2.18. The lowest BCUT2D eigenvalue weighted by Gasteiger charge is -2.24. The maximum atomic E-state index is 5.11. The molecule has 1 saturated heterocycles. The molecule has 0 amide bonds. The number of thioether (sulfide) groups is 1. The molecule has 0 radical (unpaired) electrons. The number of hydrogen-bond acceptors (Lipinski definition) is 3. The molecule has 66 valence electrons. The zero-order valence-electron chi connectivity index (χ0n) is 6.46. The van der Waals surface area contributed by atoms with E-state index in [0.29, 0.717) is 0 Å². The summed E-state index contributed by atoms with van der Waals surface area (Å²) >= 11 is 7.19. The van der Waals surface area contributed by atoms with Gasteiger partial charge in [0, 0.05) is 11.7 Å². The minimum absolute atomic E-state index is 0.788. The molecule has 2 rings (SSSR count). The van der Waals surface area contributed by atoms with E-state index in [-0.39, 0.29) is 0 Å². The van der Waals surface area contributed by atoms with Crippen LogP contribution in [-0.4, -0.2) is 19.0 Å². The van der Waals surface area contributed by atoms with Gasteiger partial charge in [-0.25, -0.2) is 0 Å². The summed E-state index contributed by atoms with van der Waals surface area (Å²) in [7, 11) is 0. The van der Waals surface area contributed by atoms with Crippen molar-refractivity contribution >= 4 is 39.0 Å². The highest BCUT2D eigenvalue weighted by atomic mass is 79.9. The minimum Gasteiger partial charge on any atom is -0.381 e. The predicted molar refractivity (Wildman–Crippen MR) is 57.1 cm³/mol. The summed E-state index contributed by atoms with van der Waals surface area (Å²) in [4.78, 5) is 0. The smallest absolute Gasteiger partial charge is 0.0710 e. The van der Waals surface area contributed by atoms with Crippen LogP contribution < -0.4 is 0 Å². The van der Waals surface area contributed by atoms with Gasteiger partial charge in [0.15, 0.2) is 0 Å². The Morgan fingerprint density at radius 2 is 2.42 bits per heavy atom. The molecular weight excluding hydrogens is 256 g/mol. The van der Waals surface area contributed by atoms with Crippen LogP contribution in [0.3, 0.4) is 0 Å². The number of rotatable bonds is 3. The summed E-state index contributed by atoms with van der Waals surface area (Å²) in [5.74, 6) is 1.99. The fourth-order valence-corrected chi connectivity index (χ4v) is 3.86. The third-order valence-corrected chi connectivity index (χ3v) is 4.80. The summed E-state index contributed by atoms with van der Waals surface area (Å²) in [6.07, 6.45) is 0. The van der Waals surface area contributed by atoms with Crippen LogP contribution in [0.4, 0.5) is 0 Å². The maximum Gasteiger partial charge on any atom is 0.0710 e. The van der Waals surface area contributed by atoms with Crippen LogP contribution in [0.1, 0.15) is 0 Å². The summed E-state index contributed by atoms with van der Waals surface area (Å²) in [5, 5.41) is 0. The molecule has 0 aromatic carbocycles. The quantitative estimate of drug-likeness (QED) is 0.776. The first-order valence-corrected chi connectivity index (χ1v) is 6.40. The lowest BCUT2D eigenvalue weighted by Crippen LogP contribution is -2.29. The average Bonchev–Trinajstić information content (AvgIpc) is 2.32. The predicted octanol–water partition coefficient (Wildman–Crippen LogP) is 3.25. The molecule has 2 heterocycles. The monoisotopic (exact) mass is 264 g/mol. The molecule has 1 nitrogen and oxygen atoms in total. The number of halogens is 1. The van der Waals surface area contributed by atoms with E-state index in [2.05, 4.69) is 28.1 Å². The van der Waals surface area contributed by atoms with Gasteiger partial charge >= 0.3 is 0 Å². The largest absolute Gasteiger partial charge is 0.381 e. The SMILES string of the molecule is Brc1ccc(SCC2COC2)s1. The van der Waals surface area contributed by atoms with E-state index in [4.69, 9.17) is 4.74 Å². The molecular formula is C8H9BrOS2. The highest BCUT2D eigenvalue weighted by Crippen LogP contribution is 2.32. The maximum absolute atomic E-state index is 5.11. The van der Waals surface area contributed by atoms with Crippen LogP contribution in [0.15, 0.2) is 20.1 Å². The average molecular weight is 265 g/mol. The van der Waals surface area contributed by atoms with Crippen LogP contribution in [0.25, 0.3) is 0 Å². The van der Waals surface area contributed by atoms with Crippen molar-refractivity contribution < 1.29 is 4.74 Å². The summed E-state index contributed by atoms with van der Waals surface area (Å²) in [6, 6.07) is 4.27. The second-order valence-corrected chi connectivity index (χ2v) is 6.56. The fraction of sp³-hybridized carbons (Fsp3) is 0.500. The van der Waals surface area contributed by atoms with Crippen molar-refractivity contribution in [3.63, 3.8) is 0 Å². The second-order valence-electron chi connectivity index (χ2n) is 2.77. The van der Waals surface area contributed by atoms with Gasteiger partial charge < -0.3 is 4.74 Å². The van der Waals surface area contributed by atoms with Gasteiger partial charge in [-0.05, 0) is 28.1 Å². The molecule has 1 aliphatic heterocycles. The number of ether oxygens (including phenoxy) is 1. The molecule has 1 aromatic heterocycles. The lowest BCUT2D eigenvalue weighted by atomic mass is 10.1. The van der Waals surface area contributed by atoms with E-state index in [9.17, 15) is 0 Å². The third kappa shape index (κ3) is 2.25. The molecule has 0 bridgehead atoms. The molecule has 0 spiro atoms. The van der Waals surface area contributed by atoms with Gasteiger partial charge in [0.2, 0.25) is 0 Å². The van der Waals surface area contributed by atoms with E-state index in [1.54, 1.807) is 11.3 Å². The molecule has 0 aliphatic carbocycles. The molecule has 0 atom stereocenters. The Balaban J connectivity index is 1.79. The van der Waals surface area contributed by atoms with Gasteiger partial charge in [-0.3, -0.25) is 0 Å². The highest BCUT2D eigenvalue weighted by molar-refractivity contribution is 9.11. The molecule has 1 aliphatic rings. The zero-order chi connectivity index (χ0) is 8.39. The normalized spacial score (nSPS) is 17.8. The first-order valence-electron chi connectivity index (χ1n) is 3.80. The van der Waals surface area contributed by atoms with Gasteiger partial charge in [-0.1, -0.05) is 0 Å². The van der Waals surface area contributed by atoms with Gasteiger partial charge in [0.1, 0.15) is 0 Å². The van der Waals surface area contributed by atoms with Crippen molar-refractivity contribution in [2.24, 2.45) is 5.92 Å². The molecule has 0 N–H and O–H groups in total. The summed E-state index contributed by atoms with van der Waals surface area (Å²) in [5.41, 5.74) is 0. The van der Waals surface area contributed by atoms with E-state index in [1.807, 2.05) is 11.8 Å². The number of thiophene rings is 1. The van der Waals surface area contributed by atoms with Crippen LogP contribution in [0.2, 0.25) is 0 Å². The second kappa shape index (κ2) is 4.13. The fourth-order valence-electron chi connectivity index (χ4n) is 0.956. The molecule has 1 fully saturated rings. The van der Waals surface area contributed by atoms with Gasteiger partial charge in [-0.2, -0.15) is 0 Å². The summed E-state index contributed by atoms with van der Waals surface area (Å²) < 4.78 is 7.72. The van der Waals surface area contributed by atoms with Gasteiger partial charge in [0.25, 0.3) is 0 Å². The minimum atomic E-state index is 0.788. The van der Waals surface area contributed by atoms with Gasteiger partial charge in [-0.15, -0.1) is 23.1 Å². The topological polar surface area (TPSA) is 9.23 Å².